The van der Waals surface area contributed by atoms with Gasteiger partial charge in [-0.15, -0.1) is 0 Å². The molecular formula is C24H19N3O. The van der Waals surface area contributed by atoms with Gasteiger partial charge in [0.15, 0.2) is 0 Å². The van der Waals surface area contributed by atoms with Crippen molar-refractivity contribution in [3.8, 4) is 0 Å². The number of anilines is 2. The third-order valence-corrected chi connectivity index (χ3v) is 4.44. The minimum Gasteiger partial charge on any atom is -0.397 e. The first-order valence-electron chi connectivity index (χ1n) is 8.99. The lowest BCUT2D eigenvalue weighted by Crippen LogP contribution is -2.14. The number of fused-ring (bicyclic) bond motifs is 1. The molecule has 0 bridgehead atoms. The quantitative estimate of drug-likeness (QED) is 0.486. The van der Waals surface area contributed by atoms with Gasteiger partial charge in [-0.05, 0) is 35.9 Å². The lowest BCUT2D eigenvalue weighted by molar-refractivity contribution is 0.102. The van der Waals surface area contributed by atoms with Crippen molar-refractivity contribution in [2.45, 2.75) is 0 Å². The van der Waals surface area contributed by atoms with Crippen LogP contribution in [0.3, 0.4) is 0 Å². The third kappa shape index (κ3) is 3.76. The molecule has 0 spiro atoms. The highest BCUT2D eigenvalue weighted by Gasteiger charge is 2.13. The molecule has 0 aliphatic heterocycles. The number of pyridine rings is 1. The Bertz CT molecular complexity index is 1170. The van der Waals surface area contributed by atoms with Crippen LogP contribution < -0.4 is 11.1 Å². The Kier molecular flexibility index (Phi) is 4.85. The molecule has 1 amide bonds. The van der Waals surface area contributed by atoms with Crippen LogP contribution in [-0.4, -0.2) is 10.9 Å². The van der Waals surface area contributed by atoms with Gasteiger partial charge in [-0.3, -0.25) is 4.79 Å². The fourth-order valence-corrected chi connectivity index (χ4v) is 3.02. The summed E-state index contributed by atoms with van der Waals surface area (Å²) < 4.78 is 0. The number of hydrogen-bond donors (Lipinski definition) is 2. The zero-order valence-electron chi connectivity index (χ0n) is 15.2. The van der Waals surface area contributed by atoms with Crippen LogP contribution in [0.1, 0.15) is 21.6 Å². The minimum absolute atomic E-state index is 0.217. The number of nitrogens with two attached hydrogens (primary N) is 1. The van der Waals surface area contributed by atoms with Crippen LogP contribution in [0.4, 0.5) is 11.4 Å². The Morgan fingerprint density at radius 3 is 2.39 bits per heavy atom. The molecule has 3 N–H and O–H groups in total. The van der Waals surface area contributed by atoms with Gasteiger partial charge in [0.05, 0.1) is 28.1 Å². The van der Waals surface area contributed by atoms with Gasteiger partial charge in [-0.1, -0.05) is 66.7 Å². The molecule has 28 heavy (non-hydrogen) atoms. The van der Waals surface area contributed by atoms with Crippen LogP contribution in [-0.2, 0) is 0 Å². The highest BCUT2D eigenvalue weighted by Crippen LogP contribution is 2.23. The summed E-state index contributed by atoms with van der Waals surface area (Å²) in [5.74, 6) is -0.217. The van der Waals surface area contributed by atoms with E-state index < -0.39 is 0 Å². The number of nitrogens with zero attached hydrogens (tertiary/aromatic N) is 1. The van der Waals surface area contributed by atoms with Crippen molar-refractivity contribution in [1.82, 2.24) is 4.98 Å². The molecule has 0 saturated carbocycles. The first-order valence-corrected chi connectivity index (χ1v) is 8.99. The van der Waals surface area contributed by atoms with Crippen molar-refractivity contribution >= 4 is 40.3 Å². The van der Waals surface area contributed by atoms with Crippen molar-refractivity contribution in [3.05, 3.63) is 102 Å². The lowest BCUT2D eigenvalue weighted by Gasteiger charge is -2.11. The first-order chi connectivity index (χ1) is 13.7. The van der Waals surface area contributed by atoms with E-state index >= 15 is 0 Å². The molecule has 1 heterocycles. The molecule has 0 atom stereocenters. The van der Waals surface area contributed by atoms with Crippen LogP contribution in [0.25, 0.3) is 23.1 Å². The number of nitrogens with one attached hydrogen (secondary N) is 1. The Balaban J connectivity index is 1.73. The summed E-state index contributed by atoms with van der Waals surface area (Å²) in [5.41, 5.74) is 10.2. The number of para-hydroxylation sites is 3. The van der Waals surface area contributed by atoms with E-state index in [1.54, 1.807) is 18.2 Å². The number of carbonyl (C=O) groups excluding carboxylic acids is 1. The smallest absolute Gasteiger partial charge is 0.256 e. The van der Waals surface area contributed by atoms with Crippen molar-refractivity contribution in [2.24, 2.45) is 0 Å². The maximum Gasteiger partial charge on any atom is 0.256 e. The third-order valence-electron chi connectivity index (χ3n) is 4.44. The minimum atomic E-state index is -0.217. The van der Waals surface area contributed by atoms with Crippen LogP contribution >= 0.6 is 0 Å². The Morgan fingerprint density at radius 2 is 1.57 bits per heavy atom. The predicted molar refractivity (Wildman–Crippen MR) is 116 cm³/mol. The van der Waals surface area contributed by atoms with Crippen molar-refractivity contribution in [3.63, 3.8) is 0 Å². The summed E-state index contributed by atoms with van der Waals surface area (Å²) >= 11 is 0. The van der Waals surface area contributed by atoms with E-state index in [4.69, 9.17) is 5.73 Å². The molecular weight excluding hydrogens is 346 g/mol. The maximum atomic E-state index is 13.0. The molecule has 0 saturated heterocycles. The van der Waals surface area contributed by atoms with Gasteiger partial charge >= 0.3 is 0 Å². The zero-order chi connectivity index (χ0) is 19.3. The van der Waals surface area contributed by atoms with E-state index in [0.717, 1.165) is 16.5 Å². The topological polar surface area (TPSA) is 68.0 Å². The summed E-state index contributed by atoms with van der Waals surface area (Å²) in [7, 11) is 0. The number of carbonyl (C=O) groups is 1. The van der Waals surface area contributed by atoms with Crippen molar-refractivity contribution in [1.29, 1.82) is 0 Å². The van der Waals surface area contributed by atoms with E-state index in [1.807, 2.05) is 78.9 Å². The first kappa shape index (κ1) is 17.5. The van der Waals surface area contributed by atoms with E-state index in [2.05, 4.69) is 10.3 Å². The molecule has 0 radical (unpaired) electrons. The number of nitrogen functional groups attached to an aromatic ring is 1. The zero-order valence-corrected chi connectivity index (χ0v) is 15.2. The second-order valence-corrected chi connectivity index (χ2v) is 6.40. The molecule has 4 nitrogen and oxygen atoms in total. The molecule has 0 unspecified atom stereocenters. The highest BCUT2D eigenvalue weighted by atomic mass is 16.1. The highest BCUT2D eigenvalue weighted by molar-refractivity contribution is 6.13. The molecule has 1 aromatic heterocycles. The molecule has 3 aromatic carbocycles. The van der Waals surface area contributed by atoms with E-state index in [0.29, 0.717) is 22.6 Å². The van der Waals surface area contributed by atoms with Crippen molar-refractivity contribution in [2.75, 3.05) is 11.1 Å². The van der Waals surface area contributed by atoms with E-state index in [1.165, 1.54) is 0 Å². The normalized spacial score (nSPS) is 11.0. The lowest BCUT2D eigenvalue weighted by atomic mass is 10.1. The predicted octanol–water partition coefficient (Wildman–Crippen LogP) is 5.24. The van der Waals surface area contributed by atoms with Gasteiger partial charge in [0.2, 0.25) is 0 Å². The van der Waals surface area contributed by atoms with E-state index in [-0.39, 0.29) is 5.91 Å². The van der Waals surface area contributed by atoms with Gasteiger partial charge in [-0.2, -0.15) is 0 Å². The van der Waals surface area contributed by atoms with Gasteiger partial charge in [0.1, 0.15) is 0 Å². The summed E-state index contributed by atoms with van der Waals surface area (Å²) in [6, 6.07) is 26.6. The SMILES string of the molecule is Nc1ccccc1NC(=O)c1cc(/C=C/c2ccccc2)nc2ccccc12. The molecule has 4 rings (SSSR count). The summed E-state index contributed by atoms with van der Waals surface area (Å²) in [6.07, 6.45) is 3.89. The maximum absolute atomic E-state index is 13.0. The fraction of sp³-hybridized carbons (Fsp3) is 0. The summed E-state index contributed by atoms with van der Waals surface area (Å²) in [5, 5.41) is 3.70. The van der Waals surface area contributed by atoms with Gasteiger partial charge < -0.3 is 11.1 Å². The number of aromatic nitrogens is 1. The average molecular weight is 365 g/mol. The Labute approximate surface area is 163 Å². The second-order valence-electron chi connectivity index (χ2n) is 6.40. The molecule has 4 heteroatoms. The fourth-order valence-electron chi connectivity index (χ4n) is 3.02. The Morgan fingerprint density at radius 1 is 0.857 bits per heavy atom. The van der Waals surface area contributed by atoms with Crippen LogP contribution in [0.15, 0.2) is 84.9 Å². The van der Waals surface area contributed by atoms with Gasteiger partial charge in [0.25, 0.3) is 5.91 Å². The second kappa shape index (κ2) is 7.76. The van der Waals surface area contributed by atoms with Gasteiger partial charge in [0, 0.05) is 5.39 Å². The molecule has 0 aliphatic rings. The monoisotopic (exact) mass is 365 g/mol. The van der Waals surface area contributed by atoms with Crippen LogP contribution in [0.5, 0.6) is 0 Å². The standard InChI is InChI=1S/C24H19N3O/c25-21-11-5-7-13-23(21)27-24(28)20-16-18(15-14-17-8-2-1-3-9-17)26-22-12-6-4-10-19(20)22/h1-16H,25H2,(H,27,28)/b15-14+. The summed E-state index contributed by atoms with van der Waals surface area (Å²) in [6.45, 7) is 0. The number of rotatable bonds is 4. The Hall–Kier alpha value is -3.92. The summed E-state index contributed by atoms with van der Waals surface area (Å²) in [4.78, 5) is 17.7. The van der Waals surface area contributed by atoms with E-state index in [9.17, 15) is 4.79 Å². The number of amides is 1. The largest absolute Gasteiger partial charge is 0.397 e. The van der Waals surface area contributed by atoms with Crippen LogP contribution in [0.2, 0.25) is 0 Å². The molecule has 136 valence electrons. The average Bonchev–Trinajstić information content (AvgIpc) is 2.74. The molecule has 0 aliphatic carbocycles. The van der Waals surface area contributed by atoms with Gasteiger partial charge in [-0.25, -0.2) is 4.98 Å². The number of benzene rings is 3. The molecule has 0 fully saturated rings. The van der Waals surface area contributed by atoms with Crippen LogP contribution in [0, 0.1) is 0 Å². The number of hydrogen-bond acceptors (Lipinski definition) is 3. The molecule has 4 aromatic rings. The van der Waals surface area contributed by atoms with Crippen molar-refractivity contribution < 1.29 is 4.79 Å².